The molecule has 1 aromatic carbocycles. The molecule has 0 bridgehead atoms. The first-order valence-electron chi connectivity index (χ1n) is 7.88. The molecule has 0 saturated carbocycles. The highest BCUT2D eigenvalue weighted by Crippen LogP contribution is 2.27. The Hall–Kier alpha value is -2.08. The van der Waals surface area contributed by atoms with Crippen LogP contribution < -0.4 is 4.90 Å². The van der Waals surface area contributed by atoms with Crippen molar-refractivity contribution in [2.75, 3.05) is 23.8 Å². The van der Waals surface area contributed by atoms with Gasteiger partial charge in [-0.15, -0.1) is 0 Å². The van der Waals surface area contributed by atoms with Crippen molar-refractivity contribution in [2.24, 2.45) is 5.92 Å². The molecule has 0 N–H and O–H groups in total. The zero-order valence-corrected chi connectivity index (χ0v) is 14.7. The van der Waals surface area contributed by atoms with Crippen molar-refractivity contribution in [3.05, 3.63) is 35.9 Å². The Morgan fingerprint density at radius 1 is 1.33 bits per heavy atom. The fraction of sp³-hybridized carbons (Fsp3) is 0.389. The van der Waals surface area contributed by atoms with Crippen molar-refractivity contribution in [3.63, 3.8) is 0 Å². The van der Waals surface area contributed by atoms with Gasteiger partial charge in [0, 0.05) is 37.4 Å². The van der Waals surface area contributed by atoms with Crippen LogP contribution in [0, 0.1) is 5.92 Å². The zero-order chi connectivity index (χ0) is 17.5. The first-order chi connectivity index (χ1) is 11.5. The fourth-order valence-corrected chi connectivity index (χ4v) is 3.19. The molecular formula is C18H21NO4S. The van der Waals surface area contributed by atoms with E-state index in [-0.39, 0.29) is 22.9 Å². The van der Waals surface area contributed by atoms with Gasteiger partial charge >= 0.3 is 5.97 Å². The lowest BCUT2D eigenvalue weighted by atomic mass is 10.1. The molecule has 1 saturated heterocycles. The van der Waals surface area contributed by atoms with Gasteiger partial charge in [0.1, 0.15) is 0 Å². The van der Waals surface area contributed by atoms with Crippen LogP contribution in [-0.4, -0.2) is 35.9 Å². The van der Waals surface area contributed by atoms with E-state index >= 15 is 0 Å². The van der Waals surface area contributed by atoms with E-state index < -0.39 is 0 Å². The summed E-state index contributed by atoms with van der Waals surface area (Å²) >= 11 is 1.27. The highest BCUT2D eigenvalue weighted by Gasteiger charge is 2.30. The van der Waals surface area contributed by atoms with Crippen molar-refractivity contribution in [2.45, 2.75) is 20.3 Å². The highest BCUT2D eigenvalue weighted by molar-refractivity contribution is 8.13. The van der Waals surface area contributed by atoms with Gasteiger partial charge in [-0.05, 0) is 36.6 Å². The van der Waals surface area contributed by atoms with Crippen LogP contribution in [0.2, 0.25) is 0 Å². The number of esters is 1. The first-order valence-corrected chi connectivity index (χ1v) is 8.86. The highest BCUT2D eigenvalue weighted by atomic mass is 32.2. The molecule has 5 nitrogen and oxygen atoms in total. The van der Waals surface area contributed by atoms with Crippen LogP contribution >= 0.6 is 11.8 Å². The zero-order valence-electron chi connectivity index (χ0n) is 13.9. The molecule has 2 rings (SSSR count). The van der Waals surface area contributed by atoms with Crippen molar-refractivity contribution >= 4 is 40.5 Å². The van der Waals surface area contributed by atoms with Gasteiger partial charge < -0.3 is 9.64 Å². The minimum atomic E-state index is -0.373. The molecule has 1 aliphatic rings. The second-order valence-corrected chi connectivity index (χ2v) is 6.75. The van der Waals surface area contributed by atoms with Crippen molar-refractivity contribution in [1.82, 2.24) is 0 Å². The normalized spacial score (nSPS) is 17.5. The van der Waals surface area contributed by atoms with Gasteiger partial charge in [-0.1, -0.05) is 23.9 Å². The molecule has 128 valence electrons. The predicted octanol–water partition coefficient (Wildman–Crippen LogP) is 2.90. The number of amides is 1. The van der Waals surface area contributed by atoms with Crippen molar-refractivity contribution in [3.8, 4) is 0 Å². The van der Waals surface area contributed by atoms with Crippen LogP contribution in [0.4, 0.5) is 5.69 Å². The maximum absolute atomic E-state index is 12.2. The Labute approximate surface area is 146 Å². The van der Waals surface area contributed by atoms with Crippen LogP contribution in [0.3, 0.4) is 0 Å². The summed E-state index contributed by atoms with van der Waals surface area (Å²) in [5.41, 5.74) is 1.70. The molecule has 6 heteroatoms. The van der Waals surface area contributed by atoms with Gasteiger partial charge in [-0.3, -0.25) is 9.59 Å². The molecule has 0 aromatic heterocycles. The van der Waals surface area contributed by atoms with Crippen LogP contribution in [0.15, 0.2) is 30.3 Å². The Bertz CT molecular complexity index is 639. The Morgan fingerprint density at radius 3 is 2.67 bits per heavy atom. The summed E-state index contributed by atoms with van der Waals surface area (Å²) in [5, 5.41) is 0.0821. The Morgan fingerprint density at radius 2 is 2.04 bits per heavy atom. The summed E-state index contributed by atoms with van der Waals surface area (Å²) in [7, 11) is 0. The third-order valence-corrected chi connectivity index (χ3v) is 4.68. The van der Waals surface area contributed by atoms with E-state index in [9.17, 15) is 14.4 Å². The molecule has 24 heavy (non-hydrogen) atoms. The van der Waals surface area contributed by atoms with E-state index in [1.54, 1.807) is 24.8 Å². The van der Waals surface area contributed by atoms with Gasteiger partial charge in [0.15, 0.2) is 5.12 Å². The Balaban J connectivity index is 1.96. The number of carbonyl (C=O) groups is 3. The van der Waals surface area contributed by atoms with E-state index in [0.29, 0.717) is 25.3 Å². The van der Waals surface area contributed by atoms with Crippen LogP contribution in [0.25, 0.3) is 6.08 Å². The molecular weight excluding hydrogens is 326 g/mol. The summed E-state index contributed by atoms with van der Waals surface area (Å²) in [5.74, 6) is 0.591. The topological polar surface area (TPSA) is 63.7 Å². The van der Waals surface area contributed by atoms with Gasteiger partial charge in [0.05, 0.1) is 6.61 Å². The number of benzene rings is 1. The number of anilines is 1. The average molecular weight is 347 g/mol. The quantitative estimate of drug-likeness (QED) is 0.585. The molecule has 1 aliphatic heterocycles. The number of nitrogens with zero attached hydrogens (tertiary/aromatic N) is 1. The summed E-state index contributed by atoms with van der Waals surface area (Å²) < 4.78 is 4.83. The summed E-state index contributed by atoms with van der Waals surface area (Å²) in [6.07, 6.45) is 3.54. The van der Waals surface area contributed by atoms with E-state index in [4.69, 9.17) is 4.74 Å². The number of carbonyl (C=O) groups excluding carboxylic acids is 3. The van der Waals surface area contributed by atoms with Gasteiger partial charge in [0.25, 0.3) is 0 Å². The third kappa shape index (κ3) is 5.23. The number of thioether (sulfide) groups is 1. The van der Waals surface area contributed by atoms with E-state index in [0.717, 1.165) is 11.3 Å². The first kappa shape index (κ1) is 18.3. The third-order valence-electron chi connectivity index (χ3n) is 3.63. The molecule has 1 unspecified atom stereocenters. The monoisotopic (exact) mass is 347 g/mol. The lowest BCUT2D eigenvalue weighted by Gasteiger charge is -2.16. The predicted molar refractivity (Wildman–Crippen MR) is 95.7 cm³/mol. The standard InChI is InChI=1S/C18H21NO4S/c1-3-23-18(22)9-6-14-4-7-16(8-5-14)19-11-15(10-17(19)21)12-24-13(2)20/h4-9,15H,3,10-12H2,1-2H3/b9-6+. The van der Waals surface area contributed by atoms with E-state index in [1.165, 1.54) is 17.8 Å². The number of hydrogen-bond donors (Lipinski definition) is 0. The Kier molecular flexibility index (Phi) is 6.61. The van der Waals surface area contributed by atoms with Gasteiger partial charge in [-0.25, -0.2) is 4.79 Å². The largest absolute Gasteiger partial charge is 0.463 e. The molecule has 1 atom stereocenters. The minimum Gasteiger partial charge on any atom is -0.463 e. The second-order valence-electron chi connectivity index (χ2n) is 5.55. The molecule has 1 fully saturated rings. The average Bonchev–Trinajstić information content (AvgIpc) is 2.93. The van der Waals surface area contributed by atoms with Crippen LogP contribution in [0.1, 0.15) is 25.8 Å². The maximum atomic E-state index is 12.2. The summed E-state index contributed by atoms with van der Waals surface area (Å²) in [6.45, 7) is 4.29. The molecule has 1 amide bonds. The van der Waals surface area contributed by atoms with Crippen LogP contribution in [-0.2, 0) is 19.1 Å². The summed E-state index contributed by atoms with van der Waals surface area (Å²) in [4.78, 5) is 36.3. The molecule has 0 spiro atoms. The molecule has 0 aliphatic carbocycles. The van der Waals surface area contributed by atoms with Gasteiger partial charge in [-0.2, -0.15) is 0 Å². The van der Waals surface area contributed by atoms with E-state index in [1.807, 2.05) is 24.3 Å². The minimum absolute atomic E-state index is 0.0821. The SMILES string of the molecule is CCOC(=O)/C=C/c1ccc(N2CC(CSC(C)=O)CC2=O)cc1. The molecule has 1 heterocycles. The van der Waals surface area contributed by atoms with Gasteiger partial charge in [0.2, 0.25) is 5.91 Å². The maximum Gasteiger partial charge on any atom is 0.330 e. The number of hydrogen-bond acceptors (Lipinski definition) is 5. The lowest BCUT2D eigenvalue weighted by molar-refractivity contribution is -0.137. The van der Waals surface area contributed by atoms with E-state index in [2.05, 4.69) is 0 Å². The number of rotatable bonds is 6. The lowest BCUT2D eigenvalue weighted by Crippen LogP contribution is -2.24. The molecule has 1 aromatic rings. The smallest absolute Gasteiger partial charge is 0.330 e. The number of ether oxygens (including phenoxy) is 1. The van der Waals surface area contributed by atoms with Crippen molar-refractivity contribution in [1.29, 1.82) is 0 Å². The fourth-order valence-electron chi connectivity index (χ4n) is 2.50. The van der Waals surface area contributed by atoms with Crippen molar-refractivity contribution < 1.29 is 19.1 Å². The van der Waals surface area contributed by atoms with Crippen LogP contribution in [0.5, 0.6) is 0 Å². The second kappa shape index (κ2) is 8.68. The molecule has 0 radical (unpaired) electrons. The summed E-state index contributed by atoms with van der Waals surface area (Å²) in [6, 6.07) is 7.44.